The third kappa shape index (κ3) is 4.42. The van der Waals surface area contributed by atoms with E-state index in [0.717, 1.165) is 5.56 Å². The molecule has 20 heavy (non-hydrogen) atoms. The van der Waals surface area contributed by atoms with Crippen molar-refractivity contribution in [2.75, 3.05) is 14.2 Å². The van der Waals surface area contributed by atoms with Crippen LogP contribution in [0.4, 0.5) is 0 Å². The minimum Gasteiger partial charge on any atom is -0.504 e. The highest BCUT2D eigenvalue weighted by molar-refractivity contribution is 5.81. The summed E-state index contributed by atoms with van der Waals surface area (Å²) in [5, 5.41) is 9.54. The van der Waals surface area contributed by atoms with E-state index in [9.17, 15) is 9.90 Å². The Kier molecular flexibility index (Phi) is 5.82. The van der Waals surface area contributed by atoms with E-state index < -0.39 is 6.04 Å². The summed E-state index contributed by atoms with van der Waals surface area (Å²) >= 11 is 0. The highest BCUT2D eigenvalue weighted by Gasteiger charge is 2.19. The molecule has 0 saturated carbocycles. The maximum Gasteiger partial charge on any atom is 0.239 e. The van der Waals surface area contributed by atoms with Crippen molar-refractivity contribution in [3.63, 3.8) is 0 Å². The van der Waals surface area contributed by atoms with Crippen LogP contribution in [0, 0.1) is 5.92 Å². The second-order valence-electron chi connectivity index (χ2n) is 5.44. The monoisotopic (exact) mass is 280 g/mol. The van der Waals surface area contributed by atoms with Gasteiger partial charge in [0.05, 0.1) is 13.2 Å². The summed E-state index contributed by atoms with van der Waals surface area (Å²) in [5.41, 5.74) is 6.78. The van der Waals surface area contributed by atoms with Crippen molar-refractivity contribution in [1.29, 1.82) is 0 Å². The zero-order valence-electron chi connectivity index (χ0n) is 12.6. The zero-order valence-corrected chi connectivity index (χ0v) is 12.6. The van der Waals surface area contributed by atoms with Gasteiger partial charge in [0.2, 0.25) is 5.91 Å². The maximum atomic E-state index is 12.1. The SMILES string of the molecule is COc1cc(CN(C)C(=O)[C@H](N)CC(C)C)ccc1O. The highest BCUT2D eigenvalue weighted by atomic mass is 16.5. The Morgan fingerprint density at radius 1 is 1.45 bits per heavy atom. The molecule has 0 aliphatic carbocycles. The molecule has 1 aromatic carbocycles. The van der Waals surface area contributed by atoms with Crippen molar-refractivity contribution in [1.82, 2.24) is 4.90 Å². The zero-order chi connectivity index (χ0) is 15.3. The number of aromatic hydroxyl groups is 1. The van der Waals surface area contributed by atoms with Crippen LogP contribution in [0.1, 0.15) is 25.8 Å². The van der Waals surface area contributed by atoms with E-state index in [1.54, 1.807) is 30.1 Å². The van der Waals surface area contributed by atoms with E-state index in [2.05, 4.69) is 0 Å². The van der Waals surface area contributed by atoms with E-state index in [1.807, 2.05) is 13.8 Å². The summed E-state index contributed by atoms with van der Waals surface area (Å²) in [5.74, 6) is 0.790. The number of carbonyl (C=O) groups excluding carboxylic acids is 1. The molecule has 0 aliphatic heterocycles. The number of carbonyl (C=O) groups is 1. The van der Waals surface area contributed by atoms with E-state index in [1.165, 1.54) is 7.11 Å². The molecule has 0 aromatic heterocycles. The number of amides is 1. The molecule has 1 rings (SSSR count). The van der Waals surface area contributed by atoms with Crippen LogP contribution in [0.5, 0.6) is 11.5 Å². The minimum atomic E-state index is -0.473. The molecule has 0 bridgehead atoms. The summed E-state index contributed by atoms with van der Waals surface area (Å²) in [6.45, 7) is 4.51. The molecule has 0 fully saturated rings. The van der Waals surface area contributed by atoms with Crippen molar-refractivity contribution in [2.24, 2.45) is 11.7 Å². The Balaban J connectivity index is 2.70. The Morgan fingerprint density at radius 2 is 2.10 bits per heavy atom. The van der Waals surface area contributed by atoms with Gasteiger partial charge in [-0.25, -0.2) is 0 Å². The first-order valence-electron chi connectivity index (χ1n) is 6.71. The van der Waals surface area contributed by atoms with Gasteiger partial charge in [0.15, 0.2) is 11.5 Å². The average molecular weight is 280 g/mol. The van der Waals surface area contributed by atoms with Crippen molar-refractivity contribution < 1.29 is 14.6 Å². The standard InChI is InChI=1S/C15H24N2O3/c1-10(2)7-12(16)15(19)17(3)9-11-5-6-13(18)14(8-11)20-4/h5-6,8,10,12,18H,7,9,16H2,1-4H3/t12-/m1/s1. The smallest absolute Gasteiger partial charge is 0.239 e. The van der Waals surface area contributed by atoms with Crippen molar-refractivity contribution in [3.8, 4) is 11.5 Å². The average Bonchev–Trinajstić information content (AvgIpc) is 2.39. The van der Waals surface area contributed by atoms with Gasteiger partial charge in [0, 0.05) is 13.6 Å². The maximum absolute atomic E-state index is 12.1. The summed E-state index contributed by atoms with van der Waals surface area (Å²) in [7, 11) is 3.22. The van der Waals surface area contributed by atoms with E-state index in [4.69, 9.17) is 10.5 Å². The lowest BCUT2D eigenvalue weighted by atomic mass is 10.0. The first kappa shape index (κ1) is 16.3. The van der Waals surface area contributed by atoms with Crippen LogP contribution in [0.2, 0.25) is 0 Å². The predicted octanol–water partition coefficient (Wildman–Crippen LogP) is 1.73. The van der Waals surface area contributed by atoms with Gasteiger partial charge in [-0.05, 0) is 30.0 Å². The van der Waals surface area contributed by atoms with Gasteiger partial charge in [-0.1, -0.05) is 19.9 Å². The molecule has 1 atom stereocenters. The van der Waals surface area contributed by atoms with Gasteiger partial charge in [-0.2, -0.15) is 0 Å². The van der Waals surface area contributed by atoms with Gasteiger partial charge in [-0.15, -0.1) is 0 Å². The quantitative estimate of drug-likeness (QED) is 0.832. The molecule has 0 radical (unpaired) electrons. The topological polar surface area (TPSA) is 75.8 Å². The van der Waals surface area contributed by atoms with E-state index >= 15 is 0 Å². The lowest BCUT2D eigenvalue weighted by molar-refractivity contribution is -0.132. The lowest BCUT2D eigenvalue weighted by Gasteiger charge is -2.22. The van der Waals surface area contributed by atoms with Crippen LogP contribution in [0.25, 0.3) is 0 Å². The third-order valence-corrected chi connectivity index (χ3v) is 3.08. The number of methoxy groups -OCH3 is 1. The Labute approximate surface area is 120 Å². The molecule has 1 aromatic rings. The number of phenolic OH excluding ortho intramolecular Hbond substituents is 1. The van der Waals surface area contributed by atoms with Gasteiger partial charge < -0.3 is 20.5 Å². The Morgan fingerprint density at radius 3 is 2.65 bits per heavy atom. The molecule has 0 unspecified atom stereocenters. The molecule has 5 nitrogen and oxygen atoms in total. The van der Waals surface area contributed by atoms with Gasteiger partial charge >= 0.3 is 0 Å². The number of nitrogens with zero attached hydrogens (tertiary/aromatic N) is 1. The van der Waals surface area contributed by atoms with E-state index in [0.29, 0.717) is 24.6 Å². The second-order valence-corrected chi connectivity index (χ2v) is 5.44. The van der Waals surface area contributed by atoms with Gasteiger partial charge in [0.25, 0.3) is 0 Å². The Bertz CT molecular complexity index is 460. The number of ether oxygens (including phenoxy) is 1. The summed E-state index contributed by atoms with van der Waals surface area (Å²) in [6, 6.07) is 4.56. The number of hydrogen-bond donors (Lipinski definition) is 2. The number of benzene rings is 1. The lowest BCUT2D eigenvalue weighted by Crippen LogP contribution is -2.42. The molecule has 0 spiro atoms. The largest absolute Gasteiger partial charge is 0.504 e. The van der Waals surface area contributed by atoms with Crippen molar-refractivity contribution in [3.05, 3.63) is 23.8 Å². The highest BCUT2D eigenvalue weighted by Crippen LogP contribution is 2.26. The fourth-order valence-corrected chi connectivity index (χ4v) is 2.06. The number of likely N-dealkylation sites (N-methyl/N-ethyl adjacent to an activating group) is 1. The minimum absolute atomic E-state index is 0.0780. The van der Waals surface area contributed by atoms with Crippen LogP contribution in [-0.2, 0) is 11.3 Å². The van der Waals surface area contributed by atoms with Gasteiger partial charge in [-0.3, -0.25) is 4.79 Å². The van der Waals surface area contributed by atoms with Crippen LogP contribution in [-0.4, -0.2) is 36.1 Å². The van der Waals surface area contributed by atoms with Crippen LogP contribution in [0.3, 0.4) is 0 Å². The second kappa shape index (κ2) is 7.14. The van der Waals surface area contributed by atoms with Crippen LogP contribution >= 0.6 is 0 Å². The molecule has 1 amide bonds. The number of rotatable bonds is 6. The van der Waals surface area contributed by atoms with Crippen LogP contribution < -0.4 is 10.5 Å². The molecular formula is C15H24N2O3. The fraction of sp³-hybridized carbons (Fsp3) is 0.533. The first-order valence-corrected chi connectivity index (χ1v) is 6.71. The third-order valence-electron chi connectivity index (χ3n) is 3.08. The molecular weight excluding hydrogens is 256 g/mol. The van der Waals surface area contributed by atoms with Gasteiger partial charge in [0.1, 0.15) is 0 Å². The molecule has 0 aliphatic rings. The first-order chi connectivity index (χ1) is 9.35. The molecule has 5 heteroatoms. The van der Waals surface area contributed by atoms with E-state index in [-0.39, 0.29) is 11.7 Å². The number of nitrogens with two attached hydrogens (primary N) is 1. The summed E-state index contributed by atoms with van der Waals surface area (Å²) in [6.07, 6.45) is 0.669. The van der Waals surface area contributed by atoms with Crippen molar-refractivity contribution in [2.45, 2.75) is 32.9 Å². The predicted molar refractivity (Wildman–Crippen MR) is 78.6 cm³/mol. The van der Waals surface area contributed by atoms with Crippen LogP contribution in [0.15, 0.2) is 18.2 Å². The Hall–Kier alpha value is -1.75. The molecule has 112 valence electrons. The molecule has 0 heterocycles. The molecule has 0 saturated heterocycles. The number of phenols is 1. The summed E-state index contributed by atoms with van der Waals surface area (Å²) in [4.78, 5) is 13.7. The number of hydrogen-bond acceptors (Lipinski definition) is 4. The summed E-state index contributed by atoms with van der Waals surface area (Å²) < 4.78 is 5.05. The normalized spacial score (nSPS) is 12.3. The van der Waals surface area contributed by atoms with Crippen molar-refractivity contribution >= 4 is 5.91 Å². The molecule has 3 N–H and O–H groups in total. The fourth-order valence-electron chi connectivity index (χ4n) is 2.06.